The molecule has 5 nitrogen and oxygen atoms in total. The average Bonchev–Trinajstić information content (AvgIpc) is 2.74. The molecule has 0 amide bonds. The van der Waals surface area contributed by atoms with Crippen LogP contribution in [0.4, 0.5) is 0 Å². The highest BCUT2D eigenvalue weighted by Crippen LogP contribution is 2.40. The molecule has 5 heteroatoms. The SMILES string of the molecule is Cc1cc2ccc3oc4c(c(=O)c3c2cc1C)Cc1c(c2ccccc2oc1=O)O4. The summed E-state index contributed by atoms with van der Waals surface area (Å²) in [7, 11) is 0. The van der Waals surface area contributed by atoms with Gasteiger partial charge in [-0.15, -0.1) is 0 Å². The van der Waals surface area contributed by atoms with Crippen LogP contribution in [0.15, 0.2) is 67.0 Å². The Bertz CT molecular complexity index is 1650. The molecule has 0 saturated heterocycles. The lowest BCUT2D eigenvalue weighted by atomic mass is 9.97. The maximum Gasteiger partial charge on any atom is 0.343 e. The first kappa shape index (κ1) is 17.0. The van der Waals surface area contributed by atoms with Crippen molar-refractivity contribution in [2.45, 2.75) is 20.3 Å². The molecule has 0 N–H and O–H groups in total. The topological polar surface area (TPSA) is 69.7 Å². The highest BCUT2D eigenvalue weighted by Gasteiger charge is 2.29. The summed E-state index contributed by atoms with van der Waals surface area (Å²) < 4.78 is 17.5. The van der Waals surface area contributed by atoms with E-state index in [0.717, 1.165) is 21.9 Å². The zero-order valence-corrected chi connectivity index (χ0v) is 16.4. The van der Waals surface area contributed by atoms with Crippen LogP contribution in [0, 0.1) is 13.8 Å². The third-order valence-corrected chi connectivity index (χ3v) is 5.95. The Morgan fingerprint density at radius 1 is 0.800 bits per heavy atom. The van der Waals surface area contributed by atoms with Crippen molar-refractivity contribution in [3.63, 3.8) is 0 Å². The van der Waals surface area contributed by atoms with E-state index in [1.54, 1.807) is 18.2 Å². The van der Waals surface area contributed by atoms with Crippen LogP contribution < -0.4 is 15.8 Å². The predicted octanol–water partition coefficient (Wildman–Crippen LogP) is 5.37. The van der Waals surface area contributed by atoms with Gasteiger partial charge in [0.05, 0.1) is 21.9 Å². The molecule has 2 aromatic heterocycles. The summed E-state index contributed by atoms with van der Waals surface area (Å²) >= 11 is 0. The molecule has 0 bridgehead atoms. The molecule has 3 heterocycles. The second-order valence-corrected chi connectivity index (χ2v) is 7.77. The molecule has 3 aromatic carbocycles. The Labute approximate surface area is 170 Å². The minimum atomic E-state index is -0.502. The average molecular weight is 396 g/mol. The zero-order valence-electron chi connectivity index (χ0n) is 16.4. The van der Waals surface area contributed by atoms with Gasteiger partial charge in [0.25, 0.3) is 5.95 Å². The molecule has 0 radical (unpaired) electrons. The van der Waals surface area contributed by atoms with Crippen molar-refractivity contribution in [2.24, 2.45) is 0 Å². The molecular formula is C25H16O5. The van der Waals surface area contributed by atoms with E-state index < -0.39 is 5.63 Å². The number of rotatable bonds is 0. The number of hydrogen-bond acceptors (Lipinski definition) is 5. The fourth-order valence-corrected chi connectivity index (χ4v) is 4.23. The lowest BCUT2D eigenvalue weighted by molar-refractivity contribution is 0.335. The van der Waals surface area contributed by atoms with Gasteiger partial charge in [-0.2, -0.15) is 0 Å². The Morgan fingerprint density at radius 2 is 1.60 bits per heavy atom. The number of para-hydroxylation sites is 1. The number of hydrogen-bond donors (Lipinski definition) is 0. The van der Waals surface area contributed by atoms with Gasteiger partial charge >= 0.3 is 5.63 Å². The minimum absolute atomic E-state index is 0.108. The van der Waals surface area contributed by atoms with E-state index in [9.17, 15) is 9.59 Å². The summed E-state index contributed by atoms with van der Waals surface area (Å²) in [6, 6.07) is 15.0. The third kappa shape index (κ3) is 2.23. The molecular weight excluding hydrogens is 380 g/mol. The van der Waals surface area contributed by atoms with E-state index in [-0.39, 0.29) is 17.8 Å². The van der Waals surface area contributed by atoms with E-state index in [1.165, 1.54) is 0 Å². The summed E-state index contributed by atoms with van der Waals surface area (Å²) in [5, 5.41) is 2.99. The van der Waals surface area contributed by atoms with E-state index in [0.29, 0.717) is 38.8 Å². The maximum absolute atomic E-state index is 13.5. The number of fused-ring (bicyclic) bond motifs is 7. The summed E-state index contributed by atoms with van der Waals surface area (Å²) in [6.45, 7) is 4.06. The van der Waals surface area contributed by atoms with E-state index in [1.807, 2.05) is 38.1 Å². The number of benzene rings is 3. The molecule has 1 aliphatic rings. The van der Waals surface area contributed by atoms with E-state index in [4.69, 9.17) is 13.6 Å². The molecule has 0 spiro atoms. The van der Waals surface area contributed by atoms with Gasteiger partial charge in [-0.3, -0.25) is 4.79 Å². The normalized spacial score (nSPS) is 12.7. The quantitative estimate of drug-likeness (QED) is 0.255. The lowest BCUT2D eigenvalue weighted by Crippen LogP contribution is -2.20. The first-order valence-corrected chi connectivity index (χ1v) is 9.73. The Morgan fingerprint density at radius 3 is 2.47 bits per heavy atom. The van der Waals surface area contributed by atoms with Gasteiger partial charge in [0.1, 0.15) is 11.2 Å². The third-order valence-electron chi connectivity index (χ3n) is 5.95. The first-order valence-electron chi connectivity index (χ1n) is 9.73. The summed E-state index contributed by atoms with van der Waals surface area (Å²) in [5.41, 5.74) is 3.14. The predicted molar refractivity (Wildman–Crippen MR) is 115 cm³/mol. The zero-order chi connectivity index (χ0) is 20.6. The Hall–Kier alpha value is -3.86. The molecule has 5 aromatic rings. The second-order valence-electron chi connectivity index (χ2n) is 7.77. The molecule has 1 aliphatic heterocycles. The second kappa shape index (κ2) is 5.83. The van der Waals surface area contributed by atoms with Crippen LogP contribution in [0.5, 0.6) is 11.7 Å². The smallest absolute Gasteiger partial charge is 0.343 e. The minimum Gasteiger partial charge on any atom is -0.425 e. The summed E-state index contributed by atoms with van der Waals surface area (Å²) in [6.07, 6.45) is 0.108. The van der Waals surface area contributed by atoms with E-state index >= 15 is 0 Å². The molecule has 0 aliphatic carbocycles. The Balaban J connectivity index is 1.67. The van der Waals surface area contributed by atoms with Crippen molar-refractivity contribution >= 4 is 32.7 Å². The summed E-state index contributed by atoms with van der Waals surface area (Å²) in [4.78, 5) is 26.1. The fraction of sp³-hybridized carbons (Fsp3) is 0.120. The van der Waals surface area contributed by atoms with Gasteiger partial charge in [0.2, 0.25) is 5.43 Å². The van der Waals surface area contributed by atoms with Gasteiger partial charge in [-0.25, -0.2) is 4.79 Å². The highest BCUT2D eigenvalue weighted by molar-refractivity contribution is 6.06. The van der Waals surface area contributed by atoms with Crippen LogP contribution in [0.25, 0.3) is 32.7 Å². The fourth-order valence-electron chi connectivity index (χ4n) is 4.23. The van der Waals surface area contributed by atoms with Gasteiger partial charge in [-0.1, -0.05) is 30.3 Å². The molecule has 0 unspecified atom stereocenters. The first-order chi connectivity index (χ1) is 14.5. The van der Waals surface area contributed by atoms with Crippen LogP contribution in [-0.4, -0.2) is 0 Å². The van der Waals surface area contributed by atoms with E-state index in [2.05, 4.69) is 6.07 Å². The lowest BCUT2D eigenvalue weighted by Gasteiger charge is -2.19. The van der Waals surface area contributed by atoms with Crippen LogP contribution in [0.3, 0.4) is 0 Å². The van der Waals surface area contributed by atoms with Crippen molar-refractivity contribution in [2.75, 3.05) is 0 Å². The van der Waals surface area contributed by atoms with Crippen molar-refractivity contribution in [3.05, 3.63) is 91.4 Å². The van der Waals surface area contributed by atoms with Crippen LogP contribution in [0.2, 0.25) is 0 Å². The molecule has 0 fully saturated rings. The standard InChI is InChI=1S/C25H16O5/c1-12-9-14-7-8-20-21(16(14)10-13(12)2)22(26)17-11-18-23(30-25(17)29-20)15-5-3-4-6-19(15)28-24(18)27/h3-10H,11H2,1-2H3. The van der Waals surface area contributed by atoms with Crippen molar-refractivity contribution in [1.29, 1.82) is 0 Å². The van der Waals surface area contributed by atoms with Crippen molar-refractivity contribution in [3.8, 4) is 11.7 Å². The molecule has 30 heavy (non-hydrogen) atoms. The van der Waals surface area contributed by atoms with Gasteiger partial charge in [-0.05, 0) is 53.9 Å². The largest absolute Gasteiger partial charge is 0.425 e. The molecule has 146 valence electrons. The van der Waals surface area contributed by atoms with Crippen molar-refractivity contribution in [1.82, 2.24) is 0 Å². The molecule has 6 rings (SSSR count). The van der Waals surface area contributed by atoms with Crippen LogP contribution >= 0.6 is 0 Å². The van der Waals surface area contributed by atoms with Crippen LogP contribution in [0.1, 0.15) is 22.3 Å². The van der Waals surface area contributed by atoms with Gasteiger partial charge < -0.3 is 13.6 Å². The van der Waals surface area contributed by atoms with Gasteiger partial charge in [0, 0.05) is 6.42 Å². The highest BCUT2D eigenvalue weighted by atomic mass is 16.6. The Kier molecular flexibility index (Phi) is 3.31. The molecule has 0 atom stereocenters. The van der Waals surface area contributed by atoms with Gasteiger partial charge in [0.15, 0.2) is 5.75 Å². The van der Waals surface area contributed by atoms with Crippen LogP contribution in [-0.2, 0) is 6.42 Å². The maximum atomic E-state index is 13.5. The van der Waals surface area contributed by atoms with Crippen molar-refractivity contribution < 1.29 is 13.6 Å². The molecule has 0 saturated carbocycles. The number of aryl methyl sites for hydroxylation is 2. The summed E-state index contributed by atoms with van der Waals surface area (Å²) in [5.74, 6) is 0.531. The monoisotopic (exact) mass is 396 g/mol. The number of ether oxygens (including phenoxy) is 1.